The maximum absolute atomic E-state index is 13.2. The van der Waals surface area contributed by atoms with Crippen LogP contribution in [0.5, 0.6) is 0 Å². The number of hydrogen-bond donors (Lipinski definition) is 1. The van der Waals surface area contributed by atoms with Gasteiger partial charge in [-0.3, -0.25) is 4.79 Å². The maximum atomic E-state index is 13.2. The van der Waals surface area contributed by atoms with Crippen LogP contribution in [0.25, 0.3) is 0 Å². The molecule has 1 aliphatic carbocycles. The molecule has 0 atom stereocenters. The minimum atomic E-state index is -3.66. The average Bonchev–Trinajstić information content (AvgIpc) is 3.47. The number of sulfonamides is 2. The standard InChI is InChI=1S/C22H27N3O5S2/c1-3-24(4-2)32(29,30)20-10-11-21-16(14-20)12-13-25(21)22(26)17-6-5-7-19(15-17)31(27,28)23-18-8-9-18/h5-7,10-11,14-15,18,23H,3-4,8-9,12-13H2,1-2H3. The van der Waals surface area contributed by atoms with Gasteiger partial charge in [0.15, 0.2) is 0 Å². The molecule has 0 saturated heterocycles. The Morgan fingerprint density at radius 3 is 2.41 bits per heavy atom. The van der Waals surface area contributed by atoms with Gasteiger partial charge >= 0.3 is 0 Å². The first-order valence-electron chi connectivity index (χ1n) is 10.7. The zero-order chi connectivity index (χ0) is 23.1. The summed E-state index contributed by atoms with van der Waals surface area (Å²) in [4.78, 5) is 15.0. The summed E-state index contributed by atoms with van der Waals surface area (Å²) in [5.74, 6) is -0.313. The van der Waals surface area contributed by atoms with Gasteiger partial charge in [-0.25, -0.2) is 21.6 Å². The Morgan fingerprint density at radius 2 is 1.75 bits per heavy atom. The van der Waals surface area contributed by atoms with Crippen molar-refractivity contribution in [1.29, 1.82) is 0 Å². The molecule has 1 saturated carbocycles. The van der Waals surface area contributed by atoms with Gasteiger partial charge in [0.25, 0.3) is 5.91 Å². The first-order chi connectivity index (χ1) is 15.2. The van der Waals surface area contributed by atoms with Crippen molar-refractivity contribution in [3.8, 4) is 0 Å². The molecule has 1 amide bonds. The van der Waals surface area contributed by atoms with Crippen molar-refractivity contribution in [3.63, 3.8) is 0 Å². The van der Waals surface area contributed by atoms with Gasteiger partial charge in [-0.1, -0.05) is 19.9 Å². The molecule has 2 aromatic rings. The van der Waals surface area contributed by atoms with Gasteiger partial charge in [-0.2, -0.15) is 4.31 Å². The van der Waals surface area contributed by atoms with E-state index in [2.05, 4.69) is 4.72 Å². The van der Waals surface area contributed by atoms with Crippen molar-refractivity contribution in [2.75, 3.05) is 24.5 Å². The van der Waals surface area contributed by atoms with Gasteiger partial charge in [0.1, 0.15) is 0 Å². The van der Waals surface area contributed by atoms with Crippen LogP contribution in [-0.2, 0) is 26.5 Å². The van der Waals surface area contributed by atoms with Crippen molar-refractivity contribution in [2.45, 2.75) is 48.9 Å². The van der Waals surface area contributed by atoms with Crippen molar-refractivity contribution in [1.82, 2.24) is 9.03 Å². The lowest BCUT2D eigenvalue weighted by Crippen LogP contribution is -2.31. The van der Waals surface area contributed by atoms with E-state index in [1.165, 1.54) is 22.5 Å². The molecule has 2 aromatic carbocycles. The normalized spacial score (nSPS) is 16.4. The Balaban J connectivity index is 1.60. The SMILES string of the molecule is CCN(CC)S(=O)(=O)c1ccc2c(c1)CCN2C(=O)c1cccc(S(=O)(=O)NC2CC2)c1. The second-order valence-electron chi connectivity index (χ2n) is 8.01. The number of fused-ring (bicyclic) bond motifs is 1. The van der Waals surface area contributed by atoms with Crippen molar-refractivity contribution >= 4 is 31.6 Å². The van der Waals surface area contributed by atoms with Crippen LogP contribution < -0.4 is 9.62 Å². The highest BCUT2D eigenvalue weighted by molar-refractivity contribution is 7.89. The fourth-order valence-corrected chi connectivity index (χ4v) is 6.76. The van der Waals surface area contributed by atoms with Gasteiger partial charge in [-0.15, -0.1) is 0 Å². The van der Waals surface area contributed by atoms with Crippen LogP contribution in [0.15, 0.2) is 52.3 Å². The minimum Gasteiger partial charge on any atom is -0.308 e. The van der Waals surface area contributed by atoms with Gasteiger partial charge < -0.3 is 4.90 Å². The van der Waals surface area contributed by atoms with E-state index in [1.807, 2.05) is 0 Å². The third kappa shape index (κ3) is 4.32. The van der Waals surface area contributed by atoms with Gasteiger partial charge in [0.2, 0.25) is 20.0 Å². The Hall–Kier alpha value is -2.27. The molecule has 10 heteroatoms. The van der Waals surface area contributed by atoms with E-state index in [-0.39, 0.29) is 27.3 Å². The fourth-order valence-electron chi connectivity index (χ4n) is 3.90. The lowest BCUT2D eigenvalue weighted by Gasteiger charge is -2.20. The van der Waals surface area contributed by atoms with Crippen LogP contribution in [0.2, 0.25) is 0 Å². The quantitative estimate of drug-likeness (QED) is 0.629. The molecule has 172 valence electrons. The molecule has 0 spiro atoms. The average molecular weight is 478 g/mol. The molecular weight excluding hydrogens is 450 g/mol. The summed E-state index contributed by atoms with van der Waals surface area (Å²) in [5, 5.41) is 0. The first kappa shape index (κ1) is 22.9. The number of nitrogens with zero attached hydrogens (tertiary/aromatic N) is 2. The van der Waals surface area contributed by atoms with Crippen molar-refractivity contribution < 1.29 is 21.6 Å². The molecule has 0 aromatic heterocycles. The zero-order valence-electron chi connectivity index (χ0n) is 18.1. The predicted octanol–water partition coefficient (Wildman–Crippen LogP) is 2.36. The molecule has 0 radical (unpaired) electrons. The zero-order valence-corrected chi connectivity index (χ0v) is 19.7. The third-order valence-electron chi connectivity index (χ3n) is 5.83. The number of carbonyl (C=O) groups is 1. The number of carbonyl (C=O) groups excluding carboxylic acids is 1. The number of rotatable bonds is 8. The number of hydrogen-bond acceptors (Lipinski definition) is 5. The second-order valence-corrected chi connectivity index (χ2v) is 11.7. The second kappa shape index (κ2) is 8.58. The number of benzene rings is 2. The third-order valence-corrected chi connectivity index (χ3v) is 9.39. The first-order valence-corrected chi connectivity index (χ1v) is 13.7. The van der Waals surface area contributed by atoms with Gasteiger partial charge in [-0.05, 0) is 61.2 Å². The summed E-state index contributed by atoms with van der Waals surface area (Å²) in [7, 11) is -7.25. The fraction of sp³-hybridized carbons (Fsp3) is 0.409. The minimum absolute atomic E-state index is 0.0216. The van der Waals surface area contributed by atoms with Crippen LogP contribution in [0.3, 0.4) is 0 Å². The Morgan fingerprint density at radius 1 is 1.03 bits per heavy atom. The maximum Gasteiger partial charge on any atom is 0.258 e. The number of nitrogens with one attached hydrogen (secondary N) is 1. The van der Waals surface area contributed by atoms with Gasteiger partial charge in [0, 0.05) is 36.9 Å². The largest absolute Gasteiger partial charge is 0.308 e. The summed E-state index contributed by atoms with van der Waals surface area (Å²) in [6.45, 7) is 4.76. The van der Waals surface area contributed by atoms with E-state index in [4.69, 9.17) is 0 Å². The lowest BCUT2D eigenvalue weighted by atomic mass is 10.1. The molecule has 4 rings (SSSR count). The monoisotopic (exact) mass is 477 g/mol. The summed E-state index contributed by atoms with van der Waals surface area (Å²) < 4.78 is 54.7. The van der Waals surface area contributed by atoms with E-state index in [0.29, 0.717) is 31.7 Å². The molecule has 2 aliphatic rings. The molecule has 0 unspecified atom stereocenters. The molecular formula is C22H27N3O5S2. The Bertz CT molecular complexity index is 1250. The summed E-state index contributed by atoms with van der Waals surface area (Å²) in [6.07, 6.45) is 2.19. The van der Waals surface area contributed by atoms with Crippen LogP contribution in [-0.4, -0.2) is 52.7 Å². The molecule has 1 N–H and O–H groups in total. The van der Waals surface area contributed by atoms with Crippen LogP contribution in [0.1, 0.15) is 42.6 Å². The Kier molecular flexibility index (Phi) is 6.15. The van der Waals surface area contributed by atoms with Crippen LogP contribution in [0.4, 0.5) is 5.69 Å². The number of anilines is 1. The van der Waals surface area contributed by atoms with Crippen molar-refractivity contribution in [2.24, 2.45) is 0 Å². The molecule has 1 heterocycles. The number of amides is 1. The highest BCUT2D eigenvalue weighted by Gasteiger charge is 2.31. The molecule has 8 nitrogen and oxygen atoms in total. The molecule has 0 bridgehead atoms. The molecule has 1 aliphatic heterocycles. The van der Waals surface area contributed by atoms with E-state index in [9.17, 15) is 21.6 Å². The van der Waals surface area contributed by atoms with E-state index in [0.717, 1.165) is 18.4 Å². The van der Waals surface area contributed by atoms with Crippen LogP contribution >= 0.6 is 0 Å². The van der Waals surface area contributed by atoms with E-state index in [1.54, 1.807) is 43.0 Å². The summed E-state index contributed by atoms with van der Waals surface area (Å²) in [5.41, 5.74) is 1.71. The molecule has 32 heavy (non-hydrogen) atoms. The highest BCUT2D eigenvalue weighted by atomic mass is 32.2. The lowest BCUT2D eigenvalue weighted by molar-refractivity contribution is 0.0989. The molecule has 1 fully saturated rings. The summed E-state index contributed by atoms with van der Waals surface area (Å²) >= 11 is 0. The van der Waals surface area contributed by atoms with Crippen LogP contribution in [0, 0.1) is 0 Å². The van der Waals surface area contributed by atoms with E-state index >= 15 is 0 Å². The van der Waals surface area contributed by atoms with Crippen molar-refractivity contribution in [3.05, 3.63) is 53.6 Å². The van der Waals surface area contributed by atoms with E-state index < -0.39 is 20.0 Å². The Labute approximate surface area is 189 Å². The predicted molar refractivity (Wildman–Crippen MR) is 122 cm³/mol. The smallest absolute Gasteiger partial charge is 0.258 e. The topological polar surface area (TPSA) is 104 Å². The summed E-state index contributed by atoms with van der Waals surface area (Å²) in [6, 6.07) is 10.8. The highest BCUT2D eigenvalue weighted by Crippen LogP contribution is 2.32. The van der Waals surface area contributed by atoms with Gasteiger partial charge in [0.05, 0.1) is 9.79 Å².